The molecule has 0 heterocycles. The van der Waals surface area contributed by atoms with Crippen molar-refractivity contribution in [2.45, 2.75) is 33.1 Å². The summed E-state index contributed by atoms with van der Waals surface area (Å²) in [5.74, 6) is 0.147. The average Bonchev–Trinajstić information content (AvgIpc) is 2.75. The number of amides is 2. The first-order valence-corrected chi connectivity index (χ1v) is 11.1. The van der Waals surface area contributed by atoms with Crippen LogP contribution in [0.2, 0.25) is 0 Å². The summed E-state index contributed by atoms with van der Waals surface area (Å²) in [7, 11) is 0. The van der Waals surface area contributed by atoms with Gasteiger partial charge in [-0.05, 0) is 71.3 Å². The molecule has 0 fully saturated rings. The van der Waals surface area contributed by atoms with Gasteiger partial charge in [0.15, 0.2) is 11.7 Å². The zero-order chi connectivity index (χ0) is 22.6. The van der Waals surface area contributed by atoms with Crippen molar-refractivity contribution in [2.75, 3.05) is 13.2 Å². The van der Waals surface area contributed by atoms with E-state index in [0.717, 1.165) is 29.3 Å². The lowest BCUT2D eigenvalue weighted by Crippen LogP contribution is -2.49. The first-order chi connectivity index (χ1) is 14.9. The number of aryl methyl sites for hydroxylation is 1. The topological polar surface area (TPSA) is 88.7 Å². The number of rotatable bonds is 9. The quantitative estimate of drug-likeness (QED) is 0.269. The molecule has 166 valence electrons. The molecule has 2 aromatic rings. The van der Waals surface area contributed by atoms with Crippen LogP contribution < -0.4 is 25.6 Å². The minimum atomic E-state index is -0.455. The third-order valence-electron chi connectivity index (χ3n) is 4.13. The maximum absolute atomic E-state index is 12.5. The summed E-state index contributed by atoms with van der Waals surface area (Å²) in [5, 5.41) is 2.48. The maximum Gasteiger partial charge on any atom is 0.276 e. The van der Waals surface area contributed by atoms with Gasteiger partial charge in [0.2, 0.25) is 0 Å². The molecule has 0 radical (unpaired) electrons. The summed E-state index contributed by atoms with van der Waals surface area (Å²) in [5.41, 5.74) is 6.31. The molecule has 0 atom stereocenters. The van der Waals surface area contributed by atoms with Gasteiger partial charge in [0.1, 0.15) is 11.5 Å². The second-order valence-electron chi connectivity index (χ2n) is 6.73. The molecule has 0 aromatic heterocycles. The van der Waals surface area contributed by atoms with Crippen molar-refractivity contribution in [1.82, 2.24) is 16.2 Å². The molecule has 0 bridgehead atoms. The van der Waals surface area contributed by atoms with Crippen molar-refractivity contribution in [3.05, 3.63) is 58.1 Å². The Labute approximate surface area is 196 Å². The van der Waals surface area contributed by atoms with Crippen molar-refractivity contribution in [3.8, 4) is 11.5 Å². The molecule has 9 heteroatoms. The van der Waals surface area contributed by atoms with Gasteiger partial charge < -0.3 is 9.47 Å². The number of carbonyl (C=O) groups excluding carboxylic acids is 2. The lowest BCUT2D eigenvalue weighted by Gasteiger charge is -2.14. The van der Waals surface area contributed by atoms with E-state index < -0.39 is 11.8 Å². The fourth-order valence-corrected chi connectivity index (χ4v) is 3.30. The maximum atomic E-state index is 12.5. The number of halogens is 1. The Morgan fingerprint density at radius 3 is 2.55 bits per heavy atom. The predicted molar refractivity (Wildman–Crippen MR) is 127 cm³/mol. The van der Waals surface area contributed by atoms with Crippen LogP contribution in [0.1, 0.15) is 42.1 Å². The number of hydrogen-bond acceptors (Lipinski definition) is 5. The second kappa shape index (κ2) is 12.9. The minimum absolute atomic E-state index is 0.0457. The number of hydrazine groups is 1. The molecular formula is C22H26BrN3O4S. The predicted octanol–water partition coefficient (Wildman–Crippen LogP) is 4.04. The fraction of sp³-hybridized carbons (Fsp3) is 0.318. The van der Waals surface area contributed by atoms with Crippen LogP contribution >= 0.6 is 28.1 Å². The van der Waals surface area contributed by atoms with Gasteiger partial charge in [0.25, 0.3) is 11.8 Å². The zero-order valence-electron chi connectivity index (χ0n) is 17.5. The molecular weight excluding hydrogens is 482 g/mol. The Kier molecular flexibility index (Phi) is 10.3. The Morgan fingerprint density at radius 2 is 1.81 bits per heavy atom. The van der Waals surface area contributed by atoms with Crippen LogP contribution in [-0.2, 0) is 4.79 Å². The van der Waals surface area contributed by atoms with E-state index in [-0.39, 0.29) is 11.7 Å². The van der Waals surface area contributed by atoms with Crippen LogP contribution in [0.5, 0.6) is 11.5 Å². The van der Waals surface area contributed by atoms with Crippen molar-refractivity contribution >= 4 is 45.1 Å². The molecule has 0 saturated heterocycles. The van der Waals surface area contributed by atoms with Crippen LogP contribution in [0.3, 0.4) is 0 Å². The summed E-state index contributed by atoms with van der Waals surface area (Å²) in [6, 6.07) is 12.5. The van der Waals surface area contributed by atoms with E-state index in [1.807, 2.05) is 19.1 Å². The highest BCUT2D eigenvalue weighted by Gasteiger charge is 2.14. The lowest BCUT2D eigenvalue weighted by atomic mass is 10.2. The second-order valence-corrected chi connectivity index (χ2v) is 7.99. The highest BCUT2D eigenvalue weighted by atomic mass is 79.9. The van der Waals surface area contributed by atoms with E-state index in [1.54, 1.807) is 30.3 Å². The standard InChI is InChI=1S/C22H26BrN3O4S/c1-3-4-7-12-29-18-9-6-5-8-16(18)21(28)24-22(31)26-25-20(27)14-30-19-11-10-15(2)13-17(19)23/h5-6,8-11,13H,3-4,7,12,14H2,1-2H3,(H,25,27)(H2,24,26,28,31). The number of ether oxygens (including phenoxy) is 2. The van der Waals surface area contributed by atoms with Gasteiger partial charge in [-0.15, -0.1) is 0 Å². The molecule has 2 aromatic carbocycles. The summed E-state index contributed by atoms with van der Waals surface area (Å²) < 4.78 is 11.9. The highest BCUT2D eigenvalue weighted by molar-refractivity contribution is 9.10. The van der Waals surface area contributed by atoms with Crippen molar-refractivity contribution in [1.29, 1.82) is 0 Å². The zero-order valence-corrected chi connectivity index (χ0v) is 19.9. The van der Waals surface area contributed by atoms with E-state index >= 15 is 0 Å². The van der Waals surface area contributed by atoms with E-state index in [2.05, 4.69) is 39.0 Å². The fourth-order valence-electron chi connectivity index (χ4n) is 2.54. The lowest BCUT2D eigenvalue weighted by molar-refractivity contribution is -0.123. The van der Waals surface area contributed by atoms with Gasteiger partial charge in [-0.2, -0.15) is 0 Å². The van der Waals surface area contributed by atoms with Crippen molar-refractivity contribution in [3.63, 3.8) is 0 Å². The molecule has 2 rings (SSSR count). The number of unbranched alkanes of at least 4 members (excludes halogenated alkanes) is 2. The highest BCUT2D eigenvalue weighted by Crippen LogP contribution is 2.25. The van der Waals surface area contributed by atoms with E-state index in [0.29, 0.717) is 23.7 Å². The van der Waals surface area contributed by atoms with Crippen LogP contribution in [0.4, 0.5) is 0 Å². The SMILES string of the molecule is CCCCCOc1ccccc1C(=O)NC(=S)NNC(=O)COc1ccc(C)cc1Br. The Morgan fingerprint density at radius 1 is 1.03 bits per heavy atom. The smallest absolute Gasteiger partial charge is 0.276 e. The van der Waals surface area contributed by atoms with Crippen LogP contribution in [0, 0.1) is 6.92 Å². The van der Waals surface area contributed by atoms with Crippen molar-refractivity contribution < 1.29 is 19.1 Å². The number of thiocarbonyl (C=S) groups is 1. The van der Waals surface area contributed by atoms with E-state index in [4.69, 9.17) is 21.7 Å². The third-order valence-corrected chi connectivity index (χ3v) is 4.95. The molecule has 0 spiro atoms. The molecule has 0 aliphatic carbocycles. The summed E-state index contributed by atoms with van der Waals surface area (Å²) in [6.07, 6.45) is 3.07. The molecule has 2 amide bonds. The Bertz CT molecular complexity index is 923. The number of carbonyl (C=O) groups is 2. The molecule has 7 nitrogen and oxygen atoms in total. The normalized spacial score (nSPS) is 10.2. The van der Waals surface area contributed by atoms with Gasteiger partial charge in [0, 0.05) is 0 Å². The monoisotopic (exact) mass is 507 g/mol. The summed E-state index contributed by atoms with van der Waals surface area (Å²) in [4.78, 5) is 24.5. The Hall–Kier alpha value is -2.65. The van der Waals surface area contributed by atoms with E-state index in [1.165, 1.54) is 0 Å². The first-order valence-electron chi connectivity index (χ1n) is 9.91. The molecule has 0 unspecified atom stereocenters. The van der Waals surface area contributed by atoms with Crippen LogP contribution in [0.15, 0.2) is 46.9 Å². The van der Waals surface area contributed by atoms with Gasteiger partial charge in [-0.3, -0.25) is 25.8 Å². The number of benzene rings is 2. The van der Waals surface area contributed by atoms with Crippen LogP contribution in [0.25, 0.3) is 0 Å². The molecule has 3 N–H and O–H groups in total. The summed E-state index contributed by atoms with van der Waals surface area (Å²) >= 11 is 8.47. The number of nitrogens with one attached hydrogen (secondary N) is 3. The molecule has 0 aliphatic rings. The molecule has 31 heavy (non-hydrogen) atoms. The Balaban J connectivity index is 1.79. The molecule has 0 saturated carbocycles. The van der Waals surface area contributed by atoms with Crippen molar-refractivity contribution in [2.24, 2.45) is 0 Å². The average molecular weight is 508 g/mol. The molecule has 0 aliphatic heterocycles. The third kappa shape index (κ3) is 8.55. The first kappa shape index (κ1) is 24.6. The van der Waals surface area contributed by atoms with E-state index in [9.17, 15) is 9.59 Å². The van der Waals surface area contributed by atoms with Gasteiger partial charge >= 0.3 is 0 Å². The van der Waals surface area contributed by atoms with Gasteiger partial charge in [-0.25, -0.2) is 0 Å². The van der Waals surface area contributed by atoms with Gasteiger partial charge in [0.05, 0.1) is 16.6 Å². The van der Waals surface area contributed by atoms with Gasteiger partial charge in [-0.1, -0.05) is 38.0 Å². The van der Waals surface area contributed by atoms with Crippen LogP contribution in [-0.4, -0.2) is 30.1 Å². The number of para-hydroxylation sites is 1. The minimum Gasteiger partial charge on any atom is -0.493 e. The summed E-state index contributed by atoms with van der Waals surface area (Å²) in [6.45, 7) is 4.38. The largest absolute Gasteiger partial charge is 0.493 e. The number of hydrogen-bond donors (Lipinski definition) is 3.